The van der Waals surface area contributed by atoms with Crippen molar-refractivity contribution in [3.8, 4) is 17.1 Å². The molecule has 0 radical (unpaired) electrons. The van der Waals surface area contributed by atoms with E-state index in [1.54, 1.807) is 0 Å². The van der Waals surface area contributed by atoms with Gasteiger partial charge >= 0.3 is 0 Å². The number of hydrogen-bond acceptors (Lipinski definition) is 5. The summed E-state index contributed by atoms with van der Waals surface area (Å²) < 4.78 is 10.6. The molecule has 0 fully saturated rings. The Hall–Kier alpha value is -1.88. The molecule has 18 heavy (non-hydrogen) atoms. The maximum atomic E-state index is 8.76. The Morgan fingerprint density at radius 1 is 1.33 bits per heavy atom. The lowest BCUT2D eigenvalue weighted by atomic mass is 10.2. The van der Waals surface area contributed by atoms with Gasteiger partial charge in [-0.1, -0.05) is 17.3 Å². The molecule has 1 heterocycles. The van der Waals surface area contributed by atoms with Gasteiger partial charge in [0.2, 0.25) is 11.7 Å². The van der Waals surface area contributed by atoms with Crippen molar-refractivity contribution in [1.29, 1.82) is 0 Å². The summed E-state index contributed by atoms with van der Waals surface area (Å²) >= 11 is 0. The van der Waals surface area contributed by atoms with Crippen LogP contribution in [-0.4, -0.2) is 28.5 Å². The molecule has 5 heteroatoms. The summed E-state index contributed by atoms with van der Waals surface area (Å²) in [5.41, 5.74) is 0.818. The van der Waals surface area contributed by atoms with E-state index >= 15 is 0 Å². The van der Waals surface area contributed by atoms with Crippen molar-refractivity contribution >= 4 is 0 Å². The van der Waals surface area contributed by atoms with Crippen LogP contribution in [0.5, 0.6) is 5.75 Å². The van der Waals surface area contributed by atoms with Crippen LogP contribution < -0.4 is 4.74 Å². The molecule has 0 atom stereocenters. The standard InChI is InChI=1S/C13H16N2O3/c1-2-17-11-7-4-3-6-10(11)13-14-12(18-15-13)8-5-9-16/h3-4,6-7,16H,2,5,8-9H2,1H3. The lowest BCUT2D eigenvalue weighted by Gasteiger charge is -2.05. The van der Waals surface area contributed by atoms with Crippen LogP contribution >= 0.6 is 0 Å². The Bertz CT molecular complexity index is 496. The zero-order chi connectivity index (χ0) is 12.8. The maximum Gasteiger partial charge on any atom is 0.227 e. The number of aliphatic hydroxyl groups is 1. The molecule has 0 aliphatic carbocycles. The van der Waals surface area contributed by atoms with Crippen molar-refractivity contribution in [2.75, 3.05) is 13.2 Å². The number of ether oxygens (including phenoxy) is 1. The van der Waals surface area contributed by atoms with Crippen LogP contribution in [-0.2, 0) is 6.42 Å². The van der Waals surface area contributed by atoms with Gasteiger partial charge in [-0.3, -0.25) is 0 Å². The van der Waals surface area contributed by atoms with Crippen LogP contribution in [0.15, 0.2) is 28.8 Å². The van der Waals surface area contributed by atoms with Crippen molar-refractivity contribution < 1.29 is 14.4 Å². The molecule has 2 rings (SSSR count). The molecular formula is C13H16N2O3. The third kappa shape index (κ3) is 2.87. The molecule has 0 unspecified atom stereocenters. The summed E-state index contributed by atoms with van der Waals surface area (Å²) in [6, 6.07) is 7.58. The first-order valence-electron chi connectivity index (χ1n) is 6.00. The van der Waals surface area contributed by atoms with Gasteiger partial charge in [0.1, 0.15) is 5.75 Å². The van der Waals surface area contributed by atoms with E-state index in [4.69, 9.17) is 14.4 Å². The number of rotatable bonds is 6. The van der Waals surface area contributed by atoms with Crippen molar-refractivity contribution in [2.45, 2.75) is 19.8 Å². The van der Waals surface area contributed by atoms with E-state index in [0.717, 1.165) is 11.3 Å². The Balaban J connectivity index is 2.22. The quantitative estimate of drug-likeness (QED) is 0.847. The molecule has 0 aliphatic rings. The first-order chi connectivity index (χ1) is 8.85. The lowest BCUT2D eigenvalue weighted by molar-refractivity contribution is 0.278. The van der Waals surface area contributed by atoms with Gasteiger partial charge in [0, 0.05) is 13.0 Å². The molecule has 2 aromatic rings. The summed E-state index contributed by atoms with van der Waals surface area (Å²) in [7, 11) is 0. The molecule has 5 nitrogen and oxygen atoms in total. The van der Waals surface area contributed by atoms with Crippen LogP contribution in [0.3, 0.4) is 0 Å². The second kappa shape index (κ2) is 6.16. The number of aliphatic hydroxyl groups excluding tert-OH is 1. The van der Waals surface area contributed by atoms with Crippen LogP contribution in [0.1, 0.15) is 19.2 Å². The first-order valence-corrected chi connectivity index (χ1v) is 6.00. The predicted octanol–water partition coefficient (Wildman–Crippen LogP) is 2.06. The minimum absolute atomic E-state index is 0.118. The first kappa shape index (κ1) is 12.6. The van der Waals surface area contributed by atoms with Gasteiger partial charge < -0.3 is 14.4 Å². The van der Waals surface area contributed by atoms with Gasteiger partial charge in [0.15, 0.2) is 0 Å². The summed E-state index contributed by atoms with van der Waals surface area (Å²) in [5.74, 6) is 1.80. The Morgan fingerprint density at radius 3 is 2.94 bits per heavy atom. The molecule has 0 spiro atoms. The summed E-state index contributed by atoms with van der Waals surface area (Å²) in [6.45, 7) is 2.64. The summed E-state index contributed by atoms with van der Waals surface area (Å²) in [4.78, 5) is 4.29. The highest BCUT2D eigenvalue weighted by Gasteiger charge is 2.12. The Labute approximate surface area is 105 Å². The predicted molar refractivity (Wildman–Crippen MR) is 66.3 cm³/mol. The molecule has 0 amide bonds. The monoisotopic (exact) mass is 248 g/mol. The summed E-state index contributed by atoms with van der Waals surface area (Å²) in [6.07, 6.45) is 1.20. The van der Waals surface area contributed by atoms with Gasteiger partial charge in [-0.25, -0.2) is 0 Å². The molecule has 0 saturated heterocycles. The molecule has 1 N–H and O–H groups in total. The van der Waals surface area contributed by atoms with E-state index in [1.807, 2.05) is 31.2 Å². The van der Waals surface area contributed by atoms with Crippen molar-refractivity contribution in [3.63, 3.8) is 0 Å². The van der Waals surface area contributed by atoms with E-state index in [0.29, 0.717) is 31.2 Å². The minimum atomic E-state index is 0.118. The van der Waals surface area contributed by atoms with Crippen molar-refractivity contribution in [1.82, 2.24) is 10.1 Å². The summed E-state index contributed by atoms with van der Waals surface area (Å²) in [5, 5.41) is 12.7. The fourth-order valence-corrected chi connectivity index (χ4v) is 1.63. The molecule has 96 valence electrons. The number of para-hydroxylation sites is 1. The topological polar surface area (TPSA) is 68.4 Å². The average molecular weight is 248 g/mol. The second-order valence-corrected chi connectivity index (χ2v) is 3.77. The smallest absolute Gasteiger partial charge is 0.227 e. The fraction of sp³-hybridized carbons (Fsp3) is 0.385. The zero-order valence-electron chi connectivity index (χ0n) is 10.3. The minimum Gasteiger partial charge on any atom is -0.493 e. The normalized spacial score (nSPS) is 10.6. The average Bonchev–Trinajstić information content (AvgIpc) is 2.86. The number of aryl methyl sites for hydroxylation is 1. The van der Waals surface area contributed by atoms with Crippen LogP contribution in [0.4, 0.5) is 0 Å². The van der Waals surface area contributed by atoms with Gasteiger partial charge in [-0.05, 0) is 25.5 Å². The van der Waals surface area contributed by atoms with E-state index in [2.05, 4.69) is 10.1 Å². The van der Waals surface area contributed by atoms with Crippen LogP contribution in [0, 0.1) is 0 Å². The number of aromatic nitrogens is 2. The van der Waals surface area contributed by atoms with Gasteiger partial charge in [0.05, 0.1) is 12.2 Å². The number of hydrogen-bond donors (Lipinski definition) is 1. The highest BCUT2D eigenvalue weighted by molar-refractivity contribution is 5.63. The van der Waals surface area contributed by atoms with E-state index in [-0.39, 0.29) is 6.61 Å². The SMILES string of the molecule is CCOc1ccccc1-c1noc(CCCO)n1. The number of nitrogens with zero attached hydrogens (tertiary/aromatic N) is 2. The molecule has 0 saturated carbocycles. The van der Waals surface area contributed by atoms with Crippen LogP contribution in [0.25, 0.3) is 11.4 Å². The zero-order valence-corrected chi connectivity index (χ0v) is 10.3. The number of benzene rings is 1. The Kier molecular flexibility index (Phi) is 4.30. The van der Waals surface area contributed by atoms with E-state index in [1.165, 1.54) is 0 Å². The molecule has 1 aromatic carbocycles. The second-order valence-electron chi connectivity index (χ2n) is 3.77. The van der Waals surface area contributed by atoms with Crippen molar-refractivity contribution in [3.05, 3.63) is 30.2 Å². The Morgan fingerprint density at radius 2 is 2.17 bits per heavy atom. The van der Waals surface area contributed by atoms with Crippen LogP contribution in [0.2, 0.25) is 0 Å². The van der Waals surface area contributed by atoms with Gasteiger partial charge in [-0.15, -0.1) is 0 Å². The van der Waals surface area contributed by atoms with Gasteiger partial charge in [-0.2, -0.15) is 4.98 Å². The van der Waals surface area contributed by atoms with E-state index < -0.39 is 0 Å². The lowest BCUT2D eigenvalue weighted by Crippen LogP contribution is -1.94. The third-order valence-electron chi connectivity index (χ3n) is 2.44. The van der Waals surface area contributed by atoms with Gasteiger partial charge in [0.25, 0.3) is 0 Å². The molecule has 0 bridgehead atoms. The maximum absolute atomic E-state index is 8.76. The molecule has 1 aromatic heterocycles. The highest BCUT2D eigenvalue weighted by Crippen LogP contribution is 2.27. The fourth-order valence-electron chi connectivity index (χ4n) is 1.63. The van der Waals surface area contributed by atoms with E-state index in [9.17, 15) is 0 Å². The largest absolute Gasteiger partial charge is 0.493 e. The molecule has 0 aliphatic heterocycles. The van der Waals surface area contributed by atoms with Crippen molar-refractivity contribution in [2.24, 2.45) is 0 Å². The highest BCUT2D eigenvalue weighted by atomic mass is 16.5. The molecular weight excluding hydrogens is 232 g/mol. The third-order valence-corrected chi connectivity index (χ3v) is 2.44.